The number of nitrogens with zero attached hydrogens (tertiary/aromatic N) is 2. The highest BCUT2D eigenvalue weighted by molar-refractivity contribution is 14.0. The first kappa shape index (κ1) is 20.7. The molecule has 2 heterocycles. The van der Waals surface area contributed by atoms with Crippen molar-refractivity contribution in [1.82, 2.24) is 10.6 Å². The molecule has 8 heteroatoms. The maximum absolute atomic E-state index is 11.6. The minimum Gasteiger partial charge on any atom is -0.369 e. The monoisotopic (exact) mass is 504 g/mol. The van der Waals surface area contributed by atoms with Gasteiger partial charge in [0.2, 0.25) is 0 Å². The number of benzene rings is 1. The van der Waals surface area contributed by atoms with Crippen LogP contribution in [0, 0.1) is 5.92 Å². The lowest BCUT2D eigenvalue weighted by Gasteiger charge is -2.21. The first-order valence-electron chi connectivity index (χ1n) is 9.65. The fourth-order valence-electron chi connectivity index (χ4n) is 3.74. The van der Waals surface area contributed by atoms with Crippen LogP contribution < -0.4 is 15.5 Å². The van der Waals surface area contributed by atoms with Gasteiger partial charge >= 0.3 is 0 Å². The molecule has 0 radical (unpaired) electrons. The van der Waals surface area contributed by atoms with E-state index in [9.17, 15) is 8.42 Å². The third-order valence-corrected chi connectivity index (χ3v) is 7.24. The van der Waals surface area contributed by atoms with Crippen LogP contribution in [0.4, 0.5) is 5.69 Å². The number of sulfone groups is 1. The molecular formula is C19H29IN4O2S. The molecule has 2 aliphatic heterocycles. The Morgan fingerprint density at radius 1 is 1.07 bits per heavy atom. The normalized spacial score (nSPS) is 27.3. The fourth-order valence-corrected chi connectivity index (χ4v) is 5.58. The summed E-state index contributed by atoms with van der Waals surface area (Å²) in [5.41, 5.74) is 1.27. The zero-order valence-corrected chi connectivity index (χ0v) is 18.7. The van der Waals surface area contributed by atoms with Gasteiger partial charge in [-0.15, -0.1) is 24.0 Å². The smallest absolute Gasteiger partial charge is 0.191 e. The van der Waals surface area contributed by atoms with Crippen molar-refractivity contribution in [1.29, 1.82) is 0 Å². The van der Waals surface area contributed by atoms with E-state index in [1.54, 1.807) is 0 Å². The van der Waals surface area contributed by atoms with Crippen LogP contribution in [0.2, 0.25) is 0 Å². The Morgan fingerprint density at radius 2 is 1.81 bits per heavy atom. The summed E-state index contributed by atoms with van der Waals surface area (Å²) in [4.78, 5) is 7.12. The first-order chi connectivity index (χ1) is 12.6. The van der Waals surface area contributed by atoms with Crippen LogP contribution in [0.3, 0.4) is 0 Å². The van der Waals surface area contributed by atoms with Gasteiger partial charge in [0.1, 0.15) is 0 Å². The van der Waals surface area contributed by atoms with E-state index < -0.39 is 9.84 Å². The number of nitrogens with one attached hydrogen (secondary N) is 2. The largest absolute Gasteiger partial charge is 0.369 e. The second kappa shape index (κ2) is 8.98. The third kappa shape index (κ3) is 5.97. The summed E-state index contributed by atoms with van der Waals surface area (Å²) in [5, 5.41) is 7.07. The van der Waals surface area contributed by atoms with E-state index in [-0.39, 0.29) is 29.9 Å². The number of aliphatic imine (C=N–C) groups is 1. The lowest BCUT2D eigenvalue weighted by atomic mass is 10.1. The van der Waals surface area contributed by atoms with E-state index in [0.29, 0.717) is 30.1 Å². The molecule has 27 heavy (non-hydrogen) atoms. The first-order valence-corrected chi connectivity index (χ1v) is 11.5. The molecular weight excluding hydrogens is 475 g/mol. The van der Waals surface area contributed by atoms with Crippen molar-refractivity contribution in [3.05, 3.63) is 30.3 Å². The Hall–Kier alpha value is -1.03. The zero-order chi connectivity index (χ0) is 18.0. The quantitative estimate of drug-likeness (QED) is 0.365. The predicted octanol–water partition coefficient (Wildman–Crippen LogP) is 2.02. The van der Waals surface area contributed by atoms with Crippen LogP contribution in [0.15, 0.2) is 35.3 Å². The zero-order valence-electron chi connectivity index (χ0n) is 15.5. The summed E-state index contributed by atoms with van der Waals surface area (Å²) in [6.45, 7) is 2.60. The van der Waals surface area contributed by atoms with Gasteiger partial charge in [0.15, 0.2) is 15.8 Å². The number of para-hydroxylation sites is 1. The van der Waals surface area contributed by atoms with Crippen LogP contribution in [0.25, 0.3) is 0 Å². The summed E-state index contributed by atoms with van der Waals surface area (Å²) >= 11 is 0. The van der Waals surface area contributed by atoms with Crippen molar-refractivity contribution >= 4 is 45.5 Å². The predicted molar refractivity (Wildman–Crippen MR) is 121 cm³/mol. The fraction of sp³-hybridized carbons (Fsp3) is 0.632. The Labute approximate surface area is 179 Å². The van der Waals surface area contributed by atoms with Crippen molar-refractivity contribution in [2.75, 3.05) is 36.0 Å². The van der Waals surface area contributed by atoms with E-state index in [1.807, 2.05) is 6.07 Å². The molecule has 2 atom stereocenters. The lowest BCUT2D eigenvalue weighted by Crippen LogP contribution is -2.45. The van der Waals surface area contributed by atoms with Crippen molar-refractivity contribution in [2.24, 2.45) is 10.9 Å². The van der Waals surface area contributed by atoms with Gasteiger partial charge in [0.05, 0.1) is 11.5 Å². The van der Waals surface area contributed by atoms with Crippen molar-refractivity contribution in [2.45, 2.75) is 37.8 Å². The number of rotatable bonds is 5. The molecule has 1 aromatic rings. The SMILES string of the molecule is I.O=S1(=O)CCC(CN=C(NC2CC2)NC2CCN(c3ccccc3)C2)C1. The summed E-state index contributed by atoms with van der Waals surface area (Å²) < 4.78 is 23.3. The van der Waals surface area contributed by atoms with E-state index in [0.717, 1.165) is 31.9 Å². The molecule has 0 aromatic heterocycles. The highest BCUT2D eigenvalue weighted by atomic mass is 127. The molecule has 2 saturated heterocycles. The molecule has 2 N–H and O–H groups in total. The van der Waals surface area contributed by atoms with Crippen LogP contribution in [-0.4, -0.2) is 57.6 Å². The van der Waals surface area contributed by atoms with E-state index in [4.69, 9.17) is 4.99 Å². The van der Waals surface area contributed by atoms with Crippen molar-refractivity contribution < 1.29 is 8.42 Å². The number of hydrogen-bond acceptors (Lipinski definition) is 4. The molecule has 2 unspecified atom stereocenters. The number of hydrogen-bond donors (Lipinski definition) is 2. The Balaban J connectivity index is 0.00000210. The summed E-state index contributed by atoms with van der Waals surface area (Å²) in [5.74, 6) is 1.64. The van der Waals surface area contributed by atoms with E-state index in [2.05, 4.69) is 39.8 Å². The molecule has 6 nitrogen and oxygen atoms in total. The maximum atomic E-state index is 11.6. The van der Waals surface area contributed by atoms with Gasteiger partial charge in [-0.2, -0.15) is 0 Å². The van der Waals surface area contributed by atoms with Gasteiger partial charge in [-0.05, 0) is 43.7 Å². The van der Waals surface area contributed by atoms with Crippen molar-refractivity contribution in [3.8, 4) is 0 Å². The molecule has 0 amide bonds. The number of halogens is 1. The highest BCUT2D eigenvalue weighted by Crippen LogP contribution is 2.22. The highest BCUT2D eigenvalue weighted by Gasteiger charge is 2.29. The van der Waals surface area contributed by atoms with Gasteiger partial charge in [-0.3, -0.25) is 4.99 Å². The van der Waals surface area contributed by atoms with Gasteiger partial charge in [-0.25, -0.2) is 8.42 Å². The molecule has 3 aliphatic rings. The second-order valence-electron chi connectivity index (χ2n) is 7.79. The Bertz CT molecular complexity index is 752. The number of guanidine groups is 1. The van der Waals surface area contributed by atoms with Crippen molar-refractivity contribution in [3.63, 3.8) is 0 Å². The standard InChI is InChI=1S/C19H28N4O2S.HI/c24-26(25)11-9-15(14-26)12-20-19(21-16-6-7-16)22-17-8-10-23(13-17)18-4-2-1-3-5-18;/h1-5,15-17H,6-14H2,(H2,20,21,22);1H. The van der Waals surface area contributed by atoms with E-state index >= 15 is 0 Å². The van der Waals surface area contributed by atoms with Gasteiger partial charge < -0.3 is 15.5 Å². The topological polar surface area (TPSA) is 73.8 Å². The lowest BCUT2D eigenvalue weighted by molar-refractivity contribution is 0.585. The minimum atomic E-state index is -2.83. The van der Waals surface area contributed by atoms with Gasteiger partial charge in [0, 0.05) is 37.4 Å². The molecule has 1 aromatic carbocycles. The molecule has 0 spiro atoms. The second-order valence-corrected chi connectivity index (χ2v) is 10.0. The molecule has 0 bridgehead atoms. The average Bonchev–Trinajstić information content (AvgIpc) is 3.20. The van der Waals surface area contributed by atoms with Crippen LogP contribution >= 0.6 is 24.0 Å². The Kier molecular flexibility index (Phi) is 6.88. The minimum absolute atomic E-state index is 0. The van der Waals surface area contributed by atoms with Crippen LogP contribution in [0.1, 0.15) is 25.7 Å². The molecule has 1 saturated carbocycles. The summed E-state index contributed by atoms with van der Waals surface area (Å²) in [6, 6.07) is 11.4. The van der Waals surface area contributed by atoms with E-state index in [1.165, 1.54) is 18.5 Å². The third-order valence-electron chi connectivity index (χ3n) is 5.40. The summed E-state index contributed by atoms with van der Waals surface area (Å²) in [6.07, 6.45) is 4.21. The molecule has 150 valence electrons. The average molecular weight is 504 g/mol. The van der Waals surface area contributed by atoms with Gasteiger partial charge in [0.25, 0.3) is 0 Å². The molecule has 1 aliphatic carbocycles. The summed E-state index contributed by atoms with van der Waals surface area (Å²) in [7, 11) is -2.83. The van der Waals surface area contributed by atoms with Crippen LogP contribution in [-0.2, 0) is 9.84 Å². The maximum Gasteiger partial charge on any atom is 0.191 e. The molecule has 4 rings (SSSR count). The molecule has 3 fully saturated rings. The van der Waals surface area contributed by atoms with Gasteiger partial charge in [-0.1, -0.05) is 18.2 Å². The Morgan fingerprint density at radius 3 is 2.48 bits per heavy atom. The van der Waals surface area contributed by atoms with Crippen LogP contribution in [0.5, 0.6) is 0 Å². The number of anilines is 1.